The van der Waals surface area contributed by atoms with Crippen molar-refractivity contribution < 1.29 is 23.9 Å². The number of hydrogen-bond acceptors (Lipinski definition) is 5. The monoisotopic (exact) mass is 424 g/mol. The summed E-state index contributed by atoms with van der Waals surface area (Å²) in [7, 11) is 1.54. The Labute approximate surface area is 182 Å². The van der Waals surface area contributed by atoms with Gasteiger partial charge in [-0.1, -0.05) is 35.9 Å². The number of methoxy groups -OCH3 is 1. The van der Waals surface area contributed by atoms with E-state index in [2.05, 4.69) is 5.32 Å². The van der Waals surface area contributed by atoms with Crippen molar-refractivity contribution in [2.24, 2.45) is 5.92 Å². The van der Waals surface area contributed by atoms with Gasteiger partial charge in [-0.15, -0.1) is 0 Å². The zero-order valence-electron chi connectivity index (χ0n) is 18.3. The topological polar surface area (TPSA) is 84.9 Å². The van der Waals surface area contributed by atoms with Gasteiger partial charge in [0, 0.05) is 19.5 Å². The van der Waals surface area contributed by atoms with Crippen LogP contribution in [0.3, 0.4) is 0 Å². The second kappa shape index (κ2) is 9.64. The van der Waals surface area contributed by atoms with Crippen molar-refractivity contribution in [3.8, 4) is 5.75 Å². The number of carbonyl (C=O) groups excluding carboxylic acids is 3. The Morgan fingerprint density at radius 3 is 2.48 bits per heavy atom. The molecule has 0 bridgehead atoms. The van der Waals surface area contributed by atoms with Gasteiger partial charge in [0.05, 0.1) is 18.7 Å². The second-order valence-electron chi connectivity index (χ2n) is 7.86. The van der Waals surface area contributed by atoms with E-state index in [0.717, 1.165) is 16.7 Å². The number of rotatable bonds is 7. The Balaban J connectivity index is 1.57. The molecule has 3 rings (SSSR count). The minimum absolute atomic E-state index is 0.0354. The summed E-state index contributed by atoms with van der Waals surface area (Å²) in [5.74, 6) is -1.18. The highest BCUT2D eigenvalue weighted by Gasteiger charge is 2.38. The van der Waals surface area contributed by atoms with Crippen LogP contribution in [0, 0.1) is 19.8 Å². The molecule has 0 radical (unpaired) electrons. The summed E-state index contributed by atoms with van der Waals surface area (Å²) < 4.78 is 10.7. The molecule has 2 atom stereocenters. The minimum atomic E-state index is -0.949. The van der Waals surface area contributed by atoms with Gasteiger partial charge >= 0.3 is 5.97 Å². The normalized spacial score (nSPS) is 16.7. The molecule has 7 heteroatoms. The predicted molar refractivity (Wildman–Crippen MR) is 117 cm³/mol. The number of ether oxygens (including phenoxy) is 2. The zero-order valence-corrected chi connectivity index (χ0v) is 18.3. The smallest absolute Gasteiger partial charge is 0.312 e. The Hall–Kier alpha value is -3.35. The van der Waals surface area contributed by atoms with Gasteiger partial charge in [-0.25, -0.2) is 0 Å². The Morgan fingerprint density at radius 1 is 1.13 bits per heavy atom. The van der Waals surface area contributed by atoms with Gasteiger partial charge in [-0.05, 0) is 44.0 Å². The van der Waals surface area contributed by atoms with Crippen LogP contribution in [-0.2, 0) is 25.7 Å². The molecule has 7 nitrogen and oxygen atoms in total. The lowest BCUT2D eigenvalue weighted by molar-refractivity contribution is -0.158. The van der Waals surface area contributed by atoms with E-state index in [-0.39, 0.29) is 24.8 Å². The summed E-state index contributed by atoms with van der Waals surface area (Å²) in [6.45, 7) is 5.99. The number of esters is 1. The molecule has 2 aromatic rings. The van der Waals surface area contributed by atoms with Crippen molar-refractivity contribution in [2.45, 2.75) is 39.8 Å². The SMILES string of the molecule is COc1ccc(C)cc1N1C[C@H](C(=O)O[C@H](C)C(=O)NCc2ccc(C)cc2)CC1=O. The number of amides is 2. The molecule has 1 fully saturated rings. The summed E-state index contributed by atoms with van der Waals surface area (Å²) >= 11 is 0. The molecule has 0 aliphatic carbocycles. The van der Waals surface area contributed by atoms with E-state index < -0.39 is 18.0 Å². The molecular formula is C24H28N2O5. The third-order valence-corrected chi connectivity index (χ3v) is 5.33. The van der Waals surface area contributed by atoms with E-state index in [0.29, 0.717) is 18.0 Å². The van der Waals surface area contributed by atoms with Crippen LogP contribution >= 0.6 is 0 Å². The molecule has 1 saturated heterocycles. The number of carbonyl (C=O) groups is 3. The summed E-state index contributed by atoms with van der Waals surface area (Å²) in [5.41, 5.74) is 3.71. The molecule has 1 heterocycles. The lowest BCUT2D eigenvalue weighted by Crippen LogP contribution is -2.37. The third kappa shape index (κ3) is 5.42. The molecule has 2 aromatic carbocycles. The van der Waals surface area contributed by atoms with Gasteiger partial charge in [-0.3, -0.25) is 14.4 Å². The Bertz CT molecular complexity index is 970. The highest BCUT2D eigenvalue weighted by molar-refractivity contribution is 6.00. The van der Waals surface area contributed by atoms with E-state index >= 15 is 0 Å². The van der Waals surface area contributed by atoms with Crippen LogP contribution in [0.25, 0.3) is 0 Å². The van der Waals surface area contributed by atoms with Gasteiger partial charge in [-0.2, -0.15) is 0 Å². The van der Waals surface area contributed by atoms with Crippen molar-refractivity contribution in [3.63, 3.8) is 0 Å². The molecule has 2 amide bonds. The first-order valence-electron chi connectivity index (χ1n) is 10.3. The van der Waals surface area contributed by atoms with Crippen molar-refractivity contribution >= 4 is 23.5 Å². The fraction of sp³-hybridized carbons (Fsp3) is 0.375. The lowest BCUT2D eigenvalue weighted by atomic mass is 10.1. The largest absolute Gasteiger partial charge is 0.495 e. The molecule has 0 aromatic heterocycles. The van der Waals surface area contributed by atoms with Gasteiger partial charge in [0.25, 0.3) is 5.91 Å². The minimum Gasteiger partial charge on any atom is -0.495 e. The van der Waals surface area contributed by atoms with Crippen LogP contribution in [0.5, 0.6) is 5.75 Å². The number of hydrogen-bond donors (Lipinski definition) is 1. The molecule has 1 aliphatic rings. The van der Waals surface area contributed by atoms with Crippen molar-refractivity contribution in [1.82, 2.24) is 5.32 Å². The maximum Gasteiger partial charge on any atom is 0.312 e. The van der Waals surface area contributed by atoms with Crippen LogP contribution in [0.1, 0.15) is 30.0 Å². The Kier molecular flexibility index (Phi) is 6.95. The first-order chi connectivity index (χ1) is 14.8. The van der Waals surface area contributed by atoms with Gasteiger partial charge in [0.15, 0.2) is 6.10 Å². The average Bonchev–Trinajstić information content (AvgIpc) is 3.14. The molecule has 1 N–H and O–H groups in total. The van der Waals surface area contributed by atoms with E-state index in [9.17, 15) is 14.4 Å². The number of aryl methyl sites for hydroxylation is 2. The fourth-order valence-electron chi connectivity index (χ4n) is 3.47. The quantitative estimate of drug-likeness (QED) is 0.691. The van der Waals surface area contributed by atoms with Gasteiger partial charge in [0.1, 0.15) is 5.75 Å². The summed E-state index contributed by atoms with van der Waals surface area (Å²) in [4.78, 5) is 39.0. The Morgan fingerprint density at radius 2 is 1.81 bits per heavy atom. The van der Waals surface area contributed by atoms with Crippen molar-refractivity contribution in [1.29, 1.82) is 0 Å². The molecule has 1 aliphatic heterocycles. The van der Waals surface area contributed by atoms with E-state index in [4.69, 9.17) is 9.47 Å². The van der Waals surface area contributed by atoms with E-state index in [1.165, 1.54) is 14.0 Å². The first kappa shape index (κ1) is 22.3. The van der Waals surface area contributed by atoms with Crippen LogP contribution in [-0.4, -0.2) is 37.5 Å². The van der Waals surface area contributed by atoms with Gasteiger partial charge < -0.3 is 19.7 Å². The lowest BCUT2D eigenvalue weighted by Gasteiger charge is -2.20. The third-order valence-electron chi connectivity index (χ3n) is 5.33. The fourth-order valence-corrected chi connectivity index (χ4v) is 3.47. The maximum atomic E-state index is 12.6. The standard InChI is InChI=1S/C24H28N2O5/c1-15-5-8-18(9-6-15)13-25-23(28)17(3)31-24(29)19-12-22(27)26(14-19)20-11-16(2)7-10-21(20)30-4/h5-11,17,19H,12-14H2,1-4H3,(H,25,28)/t17-,19-/m1/s1. The van der Waals surface area contributed by atoms with Crippen molar-refractivity contribution in [2.75, 3.05) is 18.6 Å². The molecule has 0 spiro atoms. The van der Waals surface area contributed by atoms with Crippen LogP contribution < -0.4 is 15.0 Å². The van der Waals surface area contributed by atoms with Crippen molar-refractivity contribution in [3.05, 3.63) is 59.2 Å². The average molecular weight is 424 g/mol. The summed E-state index contributed by atoms with van der Waals surface area (Å²) in [6, 6.07) is 13.4. The number of nitrogens with one attached hydrogen (secondary N) is 1. The van der Waals surface area contributed by atoms with E-state index in [1.54, 1.807) is 11.0 Å². The number of anilines is 1. The van der Waals surface area contributed by atoms with Gasteiger partial charge in [0.2, 0.25) is 5.91 Å². The predicted octanol–water partition coefficient (Wildman–Crippen LogP) is 2.91. The molecule has 164 valence electrons. The summed E-state index contributed by atoms with van der Waals surface area (Å²) in [6.07, 6.45) is -0.913. The highest BCUT2D eigenvalue weighted by atomic mass is 16.5. The zero-order chi connectivity index (χ0) is 22.5. The molecular weight excluding hydrogens is 396 g/mol. The van der Waals surface area contributed by atoms with Crippen LogP contribution in [0.4, 0.5) is 5.69 Å². The number of nitrogens with zero attached hydrogens (tertiary/aromatic N) is 1. The van der Waals surface area contributed by atoms with Crippen LogP contribution in [0.15, 0.2) is 42.5 Å². The molecule has 0 unspecified atom stereocenters. The van der Waals surface area contributed by atoms with Crippen LogP contribution in [0.2, 0.25) is 0 Å². The maximum absolute atomic E-state index is 12.6. The van der Waals surface area contributed by atoms with E-state index in [1.807, 2.05) is 50.2 Å². The molecule has 0 saturated carbocycles. The molecule has 31 heavy (non-hydrogen) atoms. The second-order valence-corrected chi connectivity index (χ2v) is 7.86. The number of benzene rings is 2. The summed E-state index contributed by atoms with van der Waals surface area (Å²) in [5, 5.41) is 2.77. The first-order valence-corrected chi connectivity index (χ1v) is 10.3. The highest BCUT2D eigenvalue weighted by Crippen LogP contribution is 2.34.